The summed E-state index contributed by atoms with van der Waals surface area (Å²) < 4.78 is 6.13. The Kier molecular flexibility index (Phi) is 5.43. The number of carbonyl (C=O) groups is 1. The maximum atomic E-state index is 13.0. The molecule has 2 aromatic heterocycles. The van der Waals surface area contributed by atoms with E-state index in [4.69, 9.17) is 4.52 Å². The smallest absolute Gasteiger partial charge is 0.275 e. The number of amides is 1. The highest BCUT2D eigenvalue weighted by Gasteiger charge is 2.21. The average molecular weight is 402 g/mol. The predicted octanol–water partition coefficient (Wildman–Crippen LogP) is 3.19. The highest BCUT2D eigenvalue weighted by molar-refractivity contribution is 5.84. The third kappa shape index (κ3) is 3.87. The molecular weight excluding hydrogens is 380 g/mol. The van der Waals surface area contributed by atoms with Gasteiger partial charge < -0.3 is 9.42 Å². The summed E-state index contributed by atoms with van der Waals surface area (Å²) in [7, 11) is 1.68. The first-order valence-corrected chi connectivity index (χ1v) is 9.73. The highest BCUT2D eigenvalue weighted by Crippen LogP contribution is 2.19. The summed E-state index contributed by atoms with van der Waals surface area (Å²) in [6, 6.07) is 18.7. The summed E-state index contributed by atoms with van der Waals surface area (Å²) in [6.07, 6.45) is 2.04. The van der Waals surface area contributed by atoms with Gasteiger partial charge in [0, 0.05) is 24.9 Å². The molecule has 4 rings (SSSR count). The molecule has 0 spiro atoms. The third-order valence-corrected chi connectivity index (χ3v) is 5.30. The number of hydrogen-bond donors (Lipinski definition) is 0. The van der Waals surface area contributed by atoms with E-state index in [1.165, 1.54) is 15.8 Å². The van der Waals surface area contributed by atoms with Crippen LogP contribution in [-0.4, -0.2) is 32.8 Å². The molecule has 0 aliphatic heterocycles. The minimum atomic E-state index is -0.281. The Bertz CT molecular complexity index is 1220. The molecule has 0 saturated heterocycles. The van der Waals surface area contributed by atoms with Crippen molar-refractivity contribution in [3.63, 3.8) is 0 Å². The summed E-state index contributed by atoms with van der Waals surface area (Å²) in [5.74, 6) is -0.235. The zero-order valence-electron chi connectivity index (χ0n) is 16.9. The van der Waals surface area contributed by atoms with Crippen molar-refractivity contribution in [2.75, 3.05) is 7.05 Å². The van der Waals surface area contributed by atoms with Crippen LogP contribution in [0.1, 0.15) is 29.9 Å². The van der Waals surface area contributed by atoms with E-state index in [0.29, 0.717) is 17.5 Å². The van der Waals surface area contributed by atoms with Gasteiger partial charge in [0.05, 0.1) is 17.1 Å². The number of rotatable bonds is 6. The van der Waals surface area contributed by atoms with Crippen molar-refractivity contribution < 1.29 is 9.32 Å². The number of nitrogens with zero attached hydrogens (tertiary/aromatic N) is 4. The SMILES string of the molecule is C[C@H](c1ccon1)N(C)C(=O)Cn1nc(Cc2ccccc2)c2ccccc2c1=O. The molecule has 4 aromatic rings. The molecule has 0 aliphatic carbocycles. The van der Waals surface area contributed by atoms with Crippen LogP contribution >= 0.6 is 0 Å². The molecule has 1 amide bonds. The van der Waals surface area contributed by atoms with E-state index in [2.05, 4.69) is 10.3 Å². The minimum absolute atomic E-state index is 0.149. The Morgan fingerprint density at radius 2 is 1.77 bits per heavy atom. The minimum Gasteiger partial charge on any atom is -0.364 e. The lowest BCUT2D eigenvalue weighted by atomic mass is 10.0. The van der Waals surface area contributed by atoms with E-state index in [1.54, 1.807) is 19.2 Å². The van der Waals surface area contributed by atoms with Crippen LogP contribution in [-0.2, 0) is 17.8 Å². The van der Waals surface area contributed by atoms with E-state index in [0.717, 1.165) is 16.6 Å². The summed E-state index contributed by atoms with van der Waals surface area (Å²) in [5.41, 5.74) is 2.22. The second-order valence-corrected chi connectivity index (χ2v) is 7.22. The topological polar surface area (TPSA) is 81.2 Å². The molecule has 2 aromatic carbocycles. The Labute approximate surface area is 173 Å². The molecule has 30 heavy (non-hydrogen) atoms. The maximum Gasteiger partial charge on any atom is 0.275 e. The largest absolute Gasteiger partial charge is 0.364 e. The van der Waals surface area contributed by atoms with Gasteiger partial charge in [0.15, 0.2) is 0 Å². The molecule has 7 nitrogen and oxygen atoms in total. The van der Waals surface area contributed by atoms with Crippen LogP contribution < -0.4 is 5.56 Å². The van der Waals surface area contributed by atoms with Crippen molar-refractivity contribution in [1.82, 2.24) is 19.8 Å². The lowest BCUT2D eigenvalue weighted by molar-refractivity contribution is -0.132. The van der Waals surface area contributed by atoms with Crippen LogP contribution in [0.15, 0.2) is 76.2 Å². The zero-order valence-corrected chi connectivity index (χ0v) is 16.9. The van der Waals surface area contributed by atoms with E-state index >= 15 is 0 Å². The van der Waals surface area contributed by atoms with Gasteiger partial charge in [0.1, 0.15) is 18.5 Å². The van der Waals surface area contributed by atoms with Crippen molar-refractivity contribution in [2.45, 2.75) is 25.9 Å². The van der Waals surface area contributed by atoms with Gasteiger partial charge in [-0.1, -0.05) is 53.7 Å². The normalized spacial score (nSPS) is 12.1. The molecule has 0 bridgehead atoms. The molecule has 152 valence electrons. The number of aromatic nitrogens is 3. The second kappa shape index (κ2) is 8.32. The zero-order chi connectivity index (χ0) is 21.1. The third-order valence-electron chi connectivity index (χ3n) is 5.30. The Morgan fingerprint density at radius 3 is 2.47 bits per heavy atom. The van der Waals surface area contributed by atoms with Crippen LogP contribution in [0.4, 0.5) is 0 Å². The quantitative estimate of drug-likeness (QED) is 0.495. The number of hydrogen-bond acceptors (Lipinski definition) is 5. The van der Waals surface area contributed by atoms with Crippen molar-refractivity contribution >= 4 is 16.7 Å². The molecule has 1 atom stereocenters. The summed E-state index contributed by atoms with van der Waals surface area (Å²) in [6.45, 7) is 1.71. The number of fused-ring (bicyclic) bond motifs is 1. The van der Waals surface area contributed by atoms with Crippen molar-refractivity contribution in [3.05, 3.63) is 94.2 Å². The standard InChI is InChI=1S/C23H22N4O3/c1-16(20-12-13-30-25-20)26(2)22(28)15-27-23(29)19-11-7-6-10-18(19)21(24-27)14-17-8-4-3-5-9-17/h3-13,16H,14-15H2,1-2H3/t16-/m1/s1. The first-order chi connectivity index (χ1) is 14.5. The fourth-order valence-electron chi connectivity index (χ4n) is 3.42. The van der Waals surface area contributed by atoms with E-state index in [1.807, 2.05) is 55.5 Å². The molecule has 0 unspecified atom stereocenters. The molecule has 0 N–H and O–H groups in total. The lowest BCUT2D eigenvalue weighted by Gasteiger charge is -2.23. The summed E-state index contributed by atoms with van der Waals surface area (Å²) in [5, 5.41) is 9.81. The summed E-state index contributed by atoms with van der Waals surface area (Å²) in [4.78, 5) is 27.4. The van der Waals surface area contributed by atoms with Gasteiger partial charge in [-0.15, -0.1) is 0 Å². The monoisotopic (exact) mass is 402 g/mol. The van der Waals surface area contributed by atoms with Gasteiger partial charge in [0.2, 0.25) is 5.91 Å². The van der Waals surface area contributed by atoms with E-state index in [9.17, 15) is 9.59 Å². The average Bonchev–Trinajstić information content (AvgIpc) is 3.31. The Morgan fingerprint density at radius 1 is 1.07 bits per heavy atom. The van der Waals surface area contributed by atoms with Gasteiger partial charge in [0.25, 0.3) is 5.56 Å². The maximum absolute atomic E-state index is 13.0. The van der Waals surface area contributed by atoms with Crippen LogP contribution in [0.5, 0.6) is 0 Å². The molecule has 0 fully saturated rings. The molecule has 0 saturated carbocycles. The van der Waals surface area contributed by atoms with Crippen LogP contribution in [0.25, 0.3) is 10.8 Å². The van der Waals surface area contributed by atoms with Gasteiger partial charge in [-0.05, 0) is 18.6 Å². The fraction of sp³-hybridized carbons (Fsp3) is 0.217. The van der Waals surface area contributed by atoms with Crippen LogP contribution in [0, 0.1) is 0 Å². The highest BCUT2D eigenvalue weighted by atomic mass is 16.5. The van der Waals surface area contributed by atoms with Crippen molar-refractivity contribution in [1.29, 1.82) is 0 Å². The molecule has 7 heteroatoms. The van der Waals surface area contributed by atoms with Crippen LogP contribution in [0.2, 0.25) is 0 Å². The second-order valence-electron chi connectivity index (χ2n) is 7.22. The Balaban J connectivity index is 1.67. The van der Waals surface area contributed by atoms with Crippen molar-refractivity contribution in [2.24, 2.45) is 0 Å². The van der Waals surface area contributed by atoms with E-state index in [-0.39, 0.29) is 24.1 Å². The molecule has 0 aliphatic rings. The Hall–Kier alpha value is -3.74. The lowest BCUT2D eigenvalue weighted by Crippen LogP contribution is -2.37. The van der Waals surface area contributed by atoms with E-state index < -0.39 is 0 Å². The molecule has 0 radical (unpaired) electrons. The molecular formula is C23H22N4O3. The van der Waals surface area contributed by atoms with Gasteiger partial charge in [-0.2, -0.15) is 5.10 Å². The fourth-order valence-corrected chi connectivity index (χ4v) is 3.42. The first-order valence-electron chi connectivity index (χ1n) is 9.73. The first kappa shape index (κ1) is 19.6. The van der Waals surface area contributed by atoms with Gasteiger partial charge >= 0.3 is 0 Å². The number of likely N-dealkylation sites (N-methyl/N-ethyl adjacent to an activating group) is 1. The number of benzene rings is 2. The molecule has 2 heterocycles. The predicted molar refractivity (Wildman–Crippen MR) is 113 cm³/mol. The summed E-state index contributed by atoms with van der Waals surface area (Å²) >= 11 is 0. The van der Waals surface area contributed by atoms with Crippen molar-refractivity contribution in [3.8, 4) is 0 Å². The van der Waals surface area contributed by atoms with Crippen LogP contribution in [0.3, 0.4) is 0 Å². The number of carbonyl (C=O) groups excluding carboxylic acids is 1. The van der Waals surface area contributed by atoms with Gasteiger partial charge in [-0.3, -0.25) is 9.59 Å². The van der Waals surface area contributed by atoms with Gasteiger partial charge in [-0.25, -0.2) is 4.68 Å².